The number of hydrogen-bond donors (Lipinski definition) is 0. The Bertz CT molecular complexity index is 892. The van der Waals surface area contributed by atoms with E-state index in [4.69, 9.17) is 11.6 Å². The minimum absolute atomic E-state index is 0. The SMILES string of the molecule is CC(C)c1nc2c(Cl)ccc3c2n1CC/C3=N\OS(=O)(=O)[O-].[K+]. The molecule has 0 saturated carbocycles. The maximum absolute atomic E-state index is 10.6. The summed E-state index contributed by atoms with van der Waals surface area (Å²) in [7, 11) is -4.87. The van der Waals surface area contributed by atoms with Crippen molar-refractivity contribution in [1.29, 1.82) is 0 Å². The molecule has 0 bridgehead atoms. The Hall–Kier alpha value is -0.00364. The molecular weight excluding hydrogens is 369 g/mol. The van der Waals surface area contributed by atoms with Crippen LogP contribution in [-0.4, -0.2) is 28.2 Å². The Balaban J connectivity index is 0.00000192. The molecule has 2 heterocycles. The summed E-state index contributed by atoms with van der Waals surface area (Å²) in [6.07, 6.45) is 0.440. The van der Waals surface area contributed by atoms with Crippen LogP contribution in [0, 0.1) is 0 Å². The van der Waals surface area contributed by atoms with Gasteiger partial charge < -0.3 is 9.12 Å². The molecule has 1 aromatic heterocycles. The van der Waals surface area contributed by atoms with Gasteiger partial charge in [0.15, 0.2) is 0 Å². The van der Waals surface area contributed by atoms with Crippen LogP contribution < -0.4 is 51.4 Å². The molecule has 1 aromatic carbocycles. The summed E-state index contributed by atoms with van der Waals surface area (Å²) in [6.45, 7) is 4.64. The van der Waals surface area contributed by atoms with Gasteiger partial charge in [-0.3, -0.25) is 4.28 Å². The maximum atomic E-state index is 10.6. The number of oxime groups is 1. The molecule has 2 aromatic rings. The molecule has 10 heteroatoms. The fraction of sp³-hybridized carbons (Fsp3) is 0.385. The van der Waals surface area contributed by atoms with Gasteiger partial charge in [0.1, 0.15) is 11.3 Å². The van der Waals surface area contributed by atoms with Gasteiger partial charge in [0.2, 0.25) is 0 Å². The van der Waals surface area contributed by atoms with Gasteiger partial charge >= 0.3 is 51.4 Å². The molecule has 0 N–H and O–H groups in total. The average Bonchev–Trinajstić information content (AvgIpc) is 2.82. The van der Waals surface area contributed by atoms with Crippen molar-refractivity contribution in [3.05, 3.63) is 28.5 Å². The van der Waals surface area contributed by atoms with Crippen molar-refractivity contribution in [2.75, 3.05) is 0 Å². The summed E-state index contributed by atoms with van der Waals surface area (Å²) >= 11 is 6.20. The van der Waals surface area contributed by atoms with Crippen LogP contribution in [0.1, 0.15) is 37.6 Å². The second-order valence-electron chi connectivity index (χ2n) is 5.34. The predicted molar refractivity (Wildman–Crippen MR) is 80.8 cm³/mol. The Kier molecular flexibility index (Phi) is 5.95. The molecule has 0 unspecified atom stereocenters. The molecule has 3 rings (SSSR count). The third kappa shape index (κ3) is 3.82. The Morgan fingerprint density at radius 1 is 1.43 bits per heavy atom. The summed E-state index contributed by atoms with van der Waals surface area (Å²) in [5.74, 6) is 1.12. The van der Waals surface area contributed by atoms with E-state index in [0.717, 1.165) is 11.3 Å². The van der Waals surface area contributed by atoms with E-state index in [0.29, 0.717) is 34.8 Å². The minimum atomic E-state index is -4.87. The van der Waals surface area contributed by atoms with Gasteiger partial charge in [-0.15, -0.1) is 0 Å². The molecule has 0 saturated heterocycles. The first-order valence-electron chi connectivity index (χ1n) is 6.68. The van der Waals surface area contributed by atoms with Crippen molar-refractivity contribution in [2.24, 2.45) is 5.16 Å². The second kappa shape index (κ2) is 7.08. The topological polar surface area (TPSA) is 96.6 Å². The number of benzene rings is 1. The predicted octanol–water partition coefficient (Wildman–Crippen LogP) is -0.598. The number of rotatable bonds is 3. The summed E-state index contributed by atoms with van der Waals surface area (Å²) in [5.41, 5.74) is 2.49. The molecule has 0 spiro atoms. The van der Waals surface area contributed by atoms with Gasteiger partial charge in [0, 0.05) is 24.4 Å². The normalized spacial score (nSPS) is 16.0. The van der Waals surface area contributed by atoms with Crippen molar-refractivity contribution < 1.29 is 68.6 Å². The van der Waals surface area contributed by atoms with Gasteiger partial charge in [-0.1, -0.05) is 30.6 Å². The number of nitrogens with zero attached hydrogens (tertiary/aromatic N) is 3. The average molecular weight is 382 g/mol. The van der Waals surface area contributed by atoms with Crippen molar-refractivity contribution >= 4 is 38.7 Å². The Morgan fingerprint density at radius 3 is 2.74 bits per heavy atom. The van der Waals surface area contributed by atoms with Crippen LogP contribution in [0.2, 0.25) is 5.02 Å². The van der Waals surface area contributed by atoms with Gasteiger partial charge in [0.05, 0.1) is 16.3 Å². The number of aryl methyl sites for hydroxylation is 1. The number of aromatic nitrogens is 2. The largest absolute Gasteiger partial charge is 1.00 e. The van der Waals surface area contributed by atoms with Crippen LogP contribution in [0.3, 0.4) is 0 Å². The number of halogens is 1. The molecule has 0 amide bonds. The van der Waals surface area contributed by atoms with Crippen molar-refractivity contribution in [1.82, 2.24) is 9.55 Å². The quantitative estimate of drug-likeness (QED) is 0.306. The van der Waals surface area contributed by atoms with Crippen molar-refractivity contribution in [3.8, 4) is 0 Å². The Labute approximate surface area is 181 Å². The van der Waals surface area contributed by atoms with E-state index < -0.39 is 10.4 Å². The van der Waals surface area contributed by atoms with E-state index in [1.807, 2.05) is 18.4 Å². The van der Waals surface area contributed by atoms with E-state index in [1.54, 1.807) is 12.1 Å². The van der Waals surface area contributed by atoms with Crippen LogP contribution >= 0.6 is 11.6 Å². The van der Waals surface area contributed by atoms with Gasteiger partial charge in [-0.05, 0) is 12.1 Å². The molecule has 118 valence electrons. The van der Waals surface area contributed by atoms with E-state index in [2.05, 4.69) is 14.4 Å². The molecule has 1 aliphatic rings. The number of imidazole rings is 1. The molecule has 7 nitrogen and oxygen atoms in total. The van der Waals surface area contributed by atoms with Crippen LogP contribution in [0.4, 0.5) is 0 Å². The van der Waals surface area contributed by atoms with Gasteiger partial charge in [0.25, 0.3) is 10.4 Å². The van der Waals surface area contributed by atoms with Crippen LogP contribution in [-0.2, 0) is 21.2 Å². The summed E-state index contributed by atoms with van der Waals surface area (Å²) in [4.78, 5) is 4.58. The third-order valence-electron chi connectivity index (χ3n) is 3.51. The molecular formula is C13H13ClKN3O4S. The van der Waals surface area contributed by atoms with E-state index in [-0.39, 0.29) is 57.3 Å². The summed E-state index contributed by atoms with van der Waals surface area (Å²) in [5, 5.41) is 4.01. The molecule has 23 heavy (non-hydrogen) atoms. The standard InChI is InChI=1S/C13H14ClN3O4S.K/c1-7(2)13-15-11-9(14)4-3-8-10(16-21-22(18,19)20)5-6-17(13)12(8)11;/h3-4,7H,5-6H2,1-2H3,(H,18,19,20);/q;+1/p-1/b16-10+;. The Morgan fingerprint density at radius 2 is 2.13 bits per heavy atom. The molecule has 0 aliphatic carbocycles. The molecule has 0 radical (unpaired) electrons. The van der Waals surface area contributed by atoms with Crippen molar-refractivity contribution in [3.63, 3.8) is 0 Å². The first-order valence-corrected chi connectivity index (χ1v) is 8.39. The molecule has 0 atom stereocenters. The van der Waals surface area contributed by atoms with Crippen LogP contribution in [0.15, 0.2) is 17.3 Å². The van der Waals surface area contributed by atoms with E-state index in [9.17, 15) is 13.0 Å². The minimum Gasteiger partial charge on any atom is -0.714 e. The fourth-order valence-electron chi connectivity index (χ4n) is 2.66. The van der Waals surface area contributed by atoms with Gasteiger partial charge in [-0.2, -0.15) is 8.42 Å². The first kappa shape index (κ1) is 19.3. The number of hydrogen-bond acceptors (Lipinski definition) is 6. The zero-order valence-corrected chi connectivity index (χ0v) is 17.6. The first-order chi connectivity index (χ1) is 10.3. The van der Waals surface area contributed by atoms with Crippen LogP contribution in [0.25, 0.3) is 11.0 Å². The monoisotopic (exact) mass is 381 g/mol. The molecule has 0 fully saturated rings. The smallest absolute Gasteiger partial charge is 0.714 e. The third-order valence-corrected chi connectivity index (χ3v) is 4.08. The van der Waals surface area contributed by atoms with Crippen LogP contribution in [0.5, 0.6) is 0 Å². The summed E-state index contributed by atoms with van der Waals surface area (Å²) in [6, 6.07) is 3.40. The molecule has 1 aliphatic heterocycles. The van der Waals surface area contributed by atoms with Crippen molar-refractivity contribution in [2.45, 2.75) is 32.7 Å². The van der Waals surface area contributed by atoms with Gasteiger partial charge in [-0.25, -0.2) is 4.98 Å². The zero-order valence-electron chi connectivity index (χ0n) is 12.9. The van der Waals surface area contributed by atoms with E-state index >= 15 is 0 Å². The zero-order chi connectivity index (χ0) is 16.1. The van der Waals surface area contributed by atoms with E-state index in [1.165, 1.54) is 0 Å². The second-order valence-corrected chi connectivity index (χ2v) is 6.71. The summed E-state index contributed by atoms with van der Waals surface area (Å²) < 4.78 is 37.8. The fourth-order valence-corrected chi connectivity index (χ4v) is 3.04. The maximum Gasteiger partial charge on any atom is 1.00 e.